The van der Waals surface area contributed by atoms with Gasteiger partial charge in [-0.25, -0.2) is 9.59 Å². The molecule has 0 aromatic heterocycles. The largest absolute Gasteiger partial charge is 0.479 e. The highest BCUT2D eigenvalue weighted by molar-refractivity contribution is 5.77. The quantitative estimate of drug-likeness (QED) is 0.557. The number of aliphatic hydroxyl groups excluding tert-OH is 1. The van der Waals surface area contributed by atoms with Gasteiger partial charge in [0.05, 0.1) is 6.54 Å². The van der Waals surface area contributed by atoms with Crippen molar-refractivity contribution in [2.75, 3.05) is 6.54 Å². The Bertz CT molecular complexity index is 370. The lowest BCUT2D eigenvalue weighted by atomic mass is 10.0. The van der Waals surface area contributed by atoms with E-state index in [1.54, 1.807) is 0 Å². The zero-order valence-electron chi connectivity index (χ0n) is 10.0. The van der Waals surface area contributed by atoms with Crippen LogP contribution in [0.1, 0.15) is 19.3 Å². The lowest BCUT2D eigenvalue weighted by molar-refractivity contribution is -0.146. The second kappa shape index (κ2) is 4.12. The molecule has 0 aromatic rings. The highest BCUT2D eigenvalue weighted by Gasteiger charge is 2.65. The molecule has 2 bridgehead atoms. The van der Waals surface area contributed by atoms with Crippen molar-refractivity contribution in [3.05, 3.63) is 0 Å². The Morgan fingerprint density at radius 2 is 1.83 bits per heavy atom. The lowest BCUT2D eigenvalue weighted by Crippen LogP contribution is -2.43. The van der Waals surface area contributed by atoms with Crippen molar-refractivity contribution in [1.82, 2.24) is 10.6 Å². The Balaban J connectivity index is 1.42. The minimum absolute atomic E-state index is 0.254. The Morgan fingerprint density at radius 1 is 1.22 bits per heavy atom. The van der Waals surface area contributed by atoms with Gasteiger partial charge in [-0.3, -0.25) is 0 Å². The third-order valence-electron chi connectivity index (χ3n) is 4.77. The van der Waals surface area contributed by atoms with Crippen LogP contribution in [0.2, 0.25) is 0 Å². The molecule has 3 fully saturated rings. The number of aliphatic carboxylic acids is 1. The van der Waals surface area contributed by atoms with Gasteiger partial charge in [0.1, 0.15) is 0 Å². The number of aliphatic hydroxyl groups is 1. The number of nitrogens with one attached hydrogen (secondary N) is 2. The highest BCUT2D eigenvalue weighted by atomic mass is 16.4. The normalized spacial score (nSPS) is 41.1. The van der Waals surface area contributed by atoms with Crippen LogP contribution in [0.3, 0.4) is 0 Å². The maximum atomic E-state index is 11.6. The highest BCUT2D eigenvalue weighted by Crippen LogP contribution is 2.65. The van der Waals surface area contributed by atoms with E-state index in [1.165, 1.54) is 19.3 Å². The molecule has 3 rings (SSSR count). The van der Waals surface area contributed by atoms with Gasteiger partial charge in [-0.15, -0.1) is 0 Å². The molecule has 0 saturated heterocycles. The Hall–Kier alpha value is -1.30. The minimum atomic E-state index is -1.54. The van der Waals surface area contributed by atoms with E-state index in [0.29, 0.717) is 11.8 Å². The van der Waals surface area contributed by atoms with E-state index in [2.05, 4.69) is 10.6 Å². The van der Waals surface area contributed by atoms with Crippen LogP contribution in [0.4, 0.5) is 4.79 Å². The summed E-state index contributed by atoms with van der Waals surface area (Å²) in [5.41, 5.74) is 0. The van der Waals surface area contributed by atoms with E-state index in [-0.39, 0.29) is 18.6 Å². The van der Waals surface area contributed by atoms with Gasteiger partial charge in [-0.05, 0) is 42.9 Å². The van der Waals surface area contributed by atoms with E-state index >= 15 is 0 Å². The van der Waals surface area contributed by atoms with E-state index < -0.39 is 12.1 Å². The number of carboxylic acid groups (broad SMARTS) is 1. The first kappa shape index (κ1) is 11.8. The third kappa shape index (κ3) is 1.84. The third-order valence-corrected chi connectivity index (χ3v) is 4.77. The molecule has 0 aromatic carbocycles. The number of carboxylic acids is 1. The smallest absolute Gasteiger partial charge is 0.334 e. The molecule has 4 unspecified atom stereocenters. The van der Waals surface area contributed by atoms with Crippen LogP contribution in [-0.2, 0) is 4.79 Å². The summed E-state index contributed by atoms with van der Waals surface area (Å²) in [4.78, 5) is 21.9. The molecular formula is C12H18N2O4. The molecule has 0 heterocycles. The topological polar surface area (TPSA) is 98.7 Å². The maximum absolute atomic E-state index is 11.6. The van der Waals surface area contributed by atoms with Crippen LogP contribution in [0.15, 0.2) is 0 Å². The van der Waals surface area contributed by atoms with E-state index in [0.717, 1.165) is 11.8 Å². The molecular weight excluding hydrogens is 236 g/mol. The number of urea groups is 1. The Morgan fingerprint density at radius 3 is 2.39 bits per heavy atom. The molecule has 6 nitrogen and oxygen atoms in total. The molecule has 100 valence electrons. The zero-order valence-corrected chi connectivity index (χ0v) is 10.0. The molecule has 2 amide bonds. The van der Waals surface area contributed by atoms with Gasteiger partial charge in [0.15, 0.2) is 6.10 Å². The molecule has 5 atom stereocenters. The first-order valence-corrected chi connectivity index (χ1v) is 6.53. The van der Waals surface area contributed by atoms with Gasteiger partial charge >= 0.3 is 12.0 Å². The average molecular weight is 254 g/mol. The number of rotatable bonds is 4. The molecule has 3 aliphatic carbocycles. The van der Waals surface area contributed by atoms with Gasteiger partial charge in [-0.2, -0.15) is 0 Å². The summed E-state index contributed by atoms with van der Waals surface area (Å²) in [5, 5.41) is 22.8. The lowest BCUT2D eigenvalue weighted by Gasteiger charge is -2.12. The minimum Gasteiger partial charge on any atom is -0.479 e. The van der Waals surface area contributed by atoms with E-state index in [1.807, 2.05) is 0 Å². The van der Waals surface area contributed by atoms with Crippen LogP contribution < -0.4 is 10.6 Å². The number of carbonyl (C=O) groups excluding carboxylic acids is 1. The molecule has 18 heavy (non-hydrogen) atoms. The second-order valence-electron chi connectivity index (χ2n) is 5.72. The first-order chi connectivity index (χ1) is 8.58. The van der Waals surface area contributed by atoms with Crippen molar-refractivity contribution >= 4 is 12.0 Å². The number of fused-ring (bicyclic) bond motifs is 5. The van der Waals surface area contributed by atoms with Crippen molar-refractivity contribution in [3.63, 3.8) is 0 Å². The summed E-state index contributed by atoms with van der Waals surface area (Å²) in [6, 6.07) is -0.0904. The van der Waals surface area contributed by atoms with Crippen molar-refractivity contribution in [2.45, 2.75) is 31.4 Å². The average Bonchev–Trinajstić information content (AvgIpc) is 2.74. The fraction of sp³-hybridized carbons (Fsp3) is 0.833. The SMILES string of the molecule is O=C(NC[C@H](O)C(=O)O)NC1C2C3CCC(C3)C12. The summed E-state index contributed by atoms with van der Waals surface area (Å²) in [5.74, 6) is 1.55. The van der Waals surface area contributed by atoms with Crippen molar-refractivity contribution < 1.29 is 19.8 Å². The fourth-order valence-electron chi connectivity index (χ4n) is 4.00. The molecule has 3 aliphatic rings. The zero-order chi connectivity index (χ0) is 12.9. The fourth-order valence-corrected chi connectivity index (χ4v) is 4.00. The van der Waals surface area contributed by atoms with Gasteiger partial charge in [0.25, 0.3) is 0 Å². The van der Waals surface area contributed by atoms with E-state index in [9.17, 15) is 9.59 Å². The molecule has 6 heteroatoms. The second-order valence-corrected chi connectivity index (χ2v) is 5.72. The number of hydrogen-bond acceptors (Lipinski definition) is 3. The monoisotopic (exact) mass is 254 g/mol. The molecule has 0 aliphatic heterocycles. The van der Waals surface area contributed by atoms with Crippen molar-refractivity contribution in [3.8, 4) is 0 Å². The molecule has 4 N–H and O–H groups in total. The van der Waals surface area contributed by atoms with Crippen LogP contribution in [0, 0.1) is 23.7 Å². The van der Waals surface area contributed by atoms with Crippen LogP contribution in [0.25, 0.3) is 0 Å². The van der Waals surface area contributed by atoms with Gasteiger partial charge < -0.3 is 20.8 Å². The van der Waals surface area contributed by atoms with Crippen LogP contribution in [-0.4, -0.2) is 40.9 Å². The molecule has 0 spiro atoms. The van der Waals surface area contributed by atoms with Gasteiger partial charge in [-0.1, -0.05) is 0 Å². The predicted molar refractivity (Wildman–Crippen MR) is 61.8 cm³/mol. The number of carbonyl (C=O) groups is 2. The predicted octanol–water partition coefficient (Wildman–Crippen LogP) is -0.224. The van der Waals surface area contributed by atoms with Gasteiger partial charge in [0, 0.05) is 6.04 Å². The maximum Gasteiger partial charge on any atom is 0.334 e. The van der Waals surface area contributed by atoms with Gasteiger partial charge in [0.2, 0.25) is 0 Å². The van der Waals surface area contributed by atoms with Crippen molar-refractivity contribution in [2.24, 2.45) is 23.7 Å². The summed E-state index contributed by atoms with van der Waals surface area (Å²) in [7, 11) is 0. The summed E-state index contributed by atoms with van der Waals surface area (Å²) < 4.78 is 0. The Kier molecular flexibility index (Phi) is 2.69. The summed E-state index contributed by atoms with van der Waals surface area (Å²) in [6.07, 6.45) is 2.38. The van der Waals surface area contributed by atoms with Crippen LogP contribution in [0.5, 0.6) is 0 Å². The van der Waals surface area contributed by atoms with Crippen molar-refractivity contribution in [1.29, 1.82) is 0 Å². The van der Waals surface area contributed by atoms with E-state index in [4.69, 9.17) is 10.2 Å². The number of amides is 2. The summed E-state index contributed by atoms with van der Waals surface area (Å²) >= 11 is 0. The molecule has 3 saturated carbocycles. The van der Waals surface area contributed by atoms with Crippen LogP contribution >= 0.6 is 0 Å². The molecule has 0 radical (unpaired) electrons. The Labute approximate surface area is 105 Å². The standard InChI is InChI=1S/C12H18N2O4/c15-7(11(16)17)4-13-12(18)14-10-8-5-1-2-6(3-5)9(8)10/h5-10,15H,1-4H2,(H,16,17)(H2,13,14,18)/t5?,6?,7-,8?,9?,10?/m0/s1. The first-order valence-electron chi connectivity index (χ1n) is 6.53. The summed E-state index contributed by atoms with van der Waals surface area (Å²) in [6.45, 7) is -0.254. The number of hydrogen-bond donors (Lipinski definition) is 4.